The van der Waals surface area contributed by atoms with Crippen LogP contribution in [0.15, 0.2) is 28.8 Å². The third-order valence-corrected chi connectivity index (χ3v) is 4.40. The van der Waals surface area contributed by atoms with E-state index in [1.54, 1.807) is 24.1 Å². The highest BCUT2D eigenvalue weighted by Gasteiger charge is 2.51. The summed E-state index contributed by atoms with van der Waals surface area (Å²) in [5, 5.41) is 4.37. The van der Waals surface area contributed by atoms with Crippen molar-refractivity contribution in [3.63, 3.8) is 0 Å². The highest BCUT2D eigenvalue weighted by molar-refractivity contribution is 6.31. The minimum Gasteiger partial charge on any atom is -0.339 e. The molecule has 3 rings (SSSR count). The Labute approximate surface area is 136 Å². The van der Waals surface area contributed by atoms with E-state index in [0.717, 1.165) is 5.56 Å². The maximum atomic E-state index is 13.1. The van der Waals surface area contributed by atoms with Gasteiger partial charge in [0.05, 0.1) is 11.8 Å². The number of halogens is 4. The van der Waals surface area contributed by atoms with Crippen molar-refractivity contribution in [2.24, 2.45) is 5.92 Å². The lowest BCUT2D eigenvalue weighted by Crippen LogP contribution is -2.29. The second kappa shape index (κ2) is 6.13. The van der Waals surface area contributed by atoms with E-state index in [2.05, 4.69) is 10.1 Å². The summed E-state index contributed by atoms with van der Waals surface area (Å²) < 4.78 is 44.5. The molecule has 2 atom stereocenters. The van der Waals surface area contributed by atoms with Crippen molar-refractivity contribution in [1.82, 2.24) is 15.0 Å². The minimum atomic E-state index is -4.28. The maximum absolute atomic E-state index is 13.1. The molecule has 2 heterocycles. The van der Waals surface area contributed by atoms with Crippen LogP contribution in [0.4, 0.5) is 13.2 Å². The number of hydrogen-bond donors (Lipinski definition) is 0. The Balaban J connectivity index is 1.80. The summed E-state index contributed by atoms with van der Waals surface area (Å²) in [6.07, 6.45) is -3.96. The summed E-state index contributed by atoms with van der Waals surface area (Å²) >= 11 is 6.07. The fraction of sp³-hybridized carbons (Fsp3) is 0.467. The number of likely N-dealkylation sites (tertiary alicyclic amines) is 1. The average Bonchev–Trinajstić information content (AvgIpc) is 3.07. The Hall–Kier alpha value is -1.60. The monoisotopic (exact) mass is 345 g/mol. The highest BCUT2D eigenvalue weighted by Crippen LogP contribution is 2.41. The number of aromatic nitrogens is 2. The van der Waals surface area contributed by atoms with E-state index in [1.807, 2.05) is 12.1 Å². The highest BCUT2D eigenvalue weighted by atomic mass is 35.5. The van der Waals surface area contributed by atoms with Crippen molar-refractivity contribution < 1.29 is 17.7 Å². The number of alkyl halides is 3. The van der Waals surface area contributed by atoms with Gasteiger partial charge in [0.2, 0.25) is 5.89 Å². The van der Waals surface area contributed by atoms with Crippen LogP contribution in [-0.2, 0) is 6.42 Å². The minimum absolute atomic E-state index is 0.0405. The molecule has 8 heteroatoms. The van der Waals surface area contributed by atoms with Gasteiger partial charge in [-0.2, -0.15) is 18.2 Å². The molecule has 0 saturated carbocycles. The van der Waals surface area contributed by atoms with Crippen LogP contribution in [0.2, 0.25) is 5.02 Å². The fourth-order valence-corrected chi connectivity index (χ4v) is 3.09. The molecule has 124 valence electrons. The van der Waals surface area contributed by atoms with Gasteiger partial charge in [0, 0.05) is 24.5 Å². The number of hydrogen-bond acceptors (Lipinski definition) is 4. The zero-order chi connectivity index (χ0) is 16.6. The molecule has 0 amide bonds. The normalized spacial score (nSPS) is 22.7. The predicted molar refractivity (Wildman–Crippen MR) is 78.3 cm³/mol. The lowest BCUT2D eigenvalue weighted by atomic mass is 9.95. The molecule has 0 N–H and O–H groups in total. The summed E-state index contributed by atoms with van der Waals surface area (Å²) in [4.78, 5) is 5.79. The lowest BCUT2D eigenvalue weighted by Gasteiger charge is -2.18. The maximum Gasteiger partial charge on any atom is 0.393 e. The summed E-state index contributed by atoms with van der Waals surface area (Å²) in [5.41, 5.74) is 0.803. The van der Waals surface area contributed by atoms with Crippen LogP contribution in [0.3, 0.4) is 0 Å². The van der Waals surface area contributed by atoms with Gasteiger partial charge in [-0.1, -0.05) is 35.0 Å². The standard InChI is InChI=1S/C15H15ClF3N3O/c1-22-7-10(11(8-22)15(17,18)19)14-20-13(21-23-14)6-9-4-2-3-5-12(9)16/h2-5,10-11H,6-8H2,1H3. The van der Waals surface area contributed by atoms with Crippen LogP contribution in [0.5, 0.6) is 0 Å². The molecule has 1 aliphatic rings. The Kier molecular flexibility index (Phi) is 4.33. The number of likely N-dealkylation sites (N-methyl/N-ethyl adjacent to an activating group) is 1. The Morgan fingerprint density at radius 3 is 2.74 bits per heavy atom. The van der Waals surface area contributed by atoms with Crippen LogP contribution < -0.4 is 0 Å². The molecule has 1 saturated heterocycles. The number of benzene rings is 1. The van der Waals surface area contributed by atoms with Gasteiger partial charge < -0.3 is 9.42 Å². The molecule has 1 aromatic carbocycles. The Bertz CT molecular complexity index is 689. The first-order chi connectivity index (χ1) is 10.8. The molecule has 0 radical (unpaired) electrons. The average molecular weight is 346 g/mol. The largest absolute Gasteiger partial charge is 0.393 e. The topological polar surface area (TPSA) is 42.2 Å². The zero-order valence-corrected chi connectivity index (χ0v) is 13.1. The van der Waals surface area contributed by atoms with Gasteiger partial charge in [-0.25, -0.2) is 0 Å². The molecule has 0 bridgehead atoms. The molecular weight excluding hydrogens is 331 g/mol. The quantitative estimate of drug-likeness (QED) is 0.853. The first-order valence-corrected chi connectivity index (χ1v) is 7.53. The molecule has 23 heavy (non-hydrogen) atoms. The number of rotatable bonds is 3. The summed E-state index contributed by atoms with van der Waals surface area (Å²) in [6, 6.07) is 7.19. The van der Waals surface area contributed by atoms with Crippen LogP contribution >= 0.6 is 11.6 Å². The smallest absolute Gasteiger partial charge is 0.339 e. The molecule has 4 nitrogen and oxygen atoms in total. The van der Waals surface area contributed by atoms with E-state index in [9.17, 15) is 13.2 Å². The third-order valence-electron chi connectivity index (χ3n) is 4.03. The van der Waals surface area contributed by atoms with Crippen molar-refractivity contribution in [2.45, 2.75) is 18.5 Å². The summed E-state index contributed by atoms with van der Waals surface area (Å²) in [7, 11) is 1.65. The van der Waals surface area contributed by atoms with Crippen molar-refractivity contribution in [3.05, 3.63) is 46.6 Å². The van der Waals surface area contributed by atoms with Crippen molar-refractivity contribution in [1.29, 1.82) is 0 Å². The predicted octanol–water partition coefficient (Wildman–Crippen LogP) is 3.52. The van der Waals surface area contributed by atoms with E-state index in [-0.39, 0.29) is 19.0 Å². The van der Waals surface area contributed by atoms with Crippen molar-refractivity contribution in [3.8, 4) is 0 Å². The van der Waals surface area contributed by atoms with Gasteiger partial charge in [0.25, 0.3) is 0 Å². The van der Waals surface area contributed by atoms with Gasteiger partial charge in [-0.05, 0) is 18.7 Å². The molecule has 0 spiro atoms. The lowest BCUT2D eigenvalue weighted by molar-refractivity contribution is -0.175. The van der Waals surface area contributed by atoms with Gasteiger partial charge in [-0.3, -0.25) is 0 Å². The molecule has 1 aliphatic heterocycles. The Morgan fingerprint density at radius 1 is 1.30 bits per heavy atom. The van der Waals surface area contributed by atoms with Gasteiger partial charge in [-0.15, -0.1) is 0 Å². The van der Waals surface area contributed by atoms with Crippen LogP contribution in [-0.4, -0.2) is 41.4 Å². The summed E-state index contributed by atoms with van der Waals surface area (Å²) in [6.45, 7) is 0.189. The molecule has 1 fully saturated rings. The second-order valence-corrected chi connectivity index (χ2v) is 6.20. The van der Waals surface area contributed by atoms with E-state index >= 15 is 0 Å². The van der Waals surface area contributed by atoms with E-state index in [0.29, 0.717) is 17.3 Å². The molecule has 0 aliphatic carbocycles. The van der Waals surface area contributed by atoms with E-state index < -0.39 is 18.0 Å². The van der Waals surface area contributed by atoms with Crippen LogP contribution in [0.25, 0.3) is 0 Å². The van der Waals surface area contributed by atoms with E-state index in [4.69, 9.17) is 16.1 Å². The summed E-state index contributed by atoms with van der Waals surface area (Å²) in [5.74, 6) is -1.93. The number of nitrogens with zero attached hydrogens (tertiary/aromatic N) is 3. The first kappa shape index (κ1) is 16.3. The molecular formula is C15H15ClF3N3O. The SMILES string of the molecule is CN1CC(c2nc(Cc3ccccc3Cl)no2)C(C(F)(F)F)C1. The van der Waals surface area contributed by atoms with E-state index in [1.165, 1.54) is 0 Å². The molecule has 2 unspecified atom stereocenters. The third kappa shape index (κ3) is 3.50. The Morgan fingerprint density at radius 2 is 2.04 bits per heavy atom. The fourth-order valence-electron chi connectivity index (χ4n) is 2.88. The molecule has 2 aromatic rings. The zero-order valence-electron chi connectivity index (χ0n) is 12.3. The van der Waals surface area contributed by atoms with Crippen molar-refractivity contribution in [2.75, 3.05) is 20.1 Å². The van der Waals surface area contributed by atoms with Gasteiger partial charge >= 0.3 is 6.18 Å². The second-order valence-electron chi connectivity index (χ2n) is 5.79. The van der Waals surface area contributed by atoms with Crippen LogP contribution in [0.1, 0.15) is 23.2 Å². The van der Waals surface area contributed by atoms with Gasteiger partial charge in [0.1, 0.15) is 0 Å². The molecule has 1 aromatic heterocycles. The van der Waals surface area contributed by atoms with Gasteiger partial charge in [0.15, 0.2) is 5.82 Å². The van der Waals surface area contributed by atoms with Crippen molar-refractivity contribution >= 4 is 11.6 Å². The van der Waals surface area contributed by atoms with Crippen LogP contribution in [0, 0.1) is 5.92 Å². The first-order valence-electron chi connectivity index (χ1n) is 7.15.